The molecule has 1 radical (unpaired) electrons. The minimum atomic E-state index is -0.840. The van der Waals surface area contributed by atoms with Gasteiger partial charge in [-0.2, -0.15) is 0 Å². The third-order valence-electron chi connectivity index (χ3n) is 1.48. The molecule has 1 rings (SSSR count). The van der Waals surface area contributed by atoms with Gasteiger partial charge in [-0.3, -0.25) is 22.0 Å². The molecule has 1 aromatic rings. The van der Waals surface area contributed by atoms with Crippen molar-refractivity contribution in [2.24, 2.45) is 0 Å². The minimum absolute atomic E-state index is 0. The molecule has 14 heavy (non-hydrogen) atoms. The number of carboxylic acids is 1. The molecule has 0 spiro atoms. The molecule has 0 bridgehead atoms. The first-order chi connectivity index (χ1) is 5.59. The van der Waals surface area contributed by atoms with Crippen molar-refractivity contribution in [1.82, 2.24) is 0 Å². The summed E-state index contributed by atoms with van der Waals surface area (Å²) in [7, 11) is 0. The molecular formula is C9H7BrO2WY-2. The molecule has 0 amide bonds. The molecule has 0 aliphatic carbocycles. The normalized spacial score (nSPS) is 8.43. The summed E-state index contributed by atoms with van der Waals surface area (Å²) in [6.07, 6.45) is 0.0130. The van der Waals surface area contributed by atoms with Crippen LogP contribution in [0.1, 0.15) is 11.1 Å². The smallest absolute Gasteiger partial charge is 0.303 e. The maximum atomic E-state index is 10.4. The van der Waals surface area contributed by atoms with Crippen LogP contribution in [0.5, 0.6) is 0 Å². The summed E-state index contributed by atoms with van der Waals surface area (Å²) in [4.78, 5) is 10.4. The van der Waals surface area contributed by atoms with E-state index in [-0.39, 0.29) is 60.2 Å². The van der Waals surface area contributed by atoms with Crippen LogP contribution < -0.4 is 0 Å². The quantitative estimate of drug-likeness (QED) is 0.632. The molecule has 0 unspecified atom stereocenters. The van der Waals surface area contributed by atoms with E-state index in [0.29, 0.717) is 10.0 Å². The second-order valence-electron chi connectivity index (χ2n) is 2.46. The Morgan fingerprint density at radius 2 is 2.21 bits per heavy atom. The van der Waals surface area contributed by atoms with Crippen molar-refractivity contribution >= 4 is 21.9 Å². The first kappa shape index (κ1) is 17.4. The number of aryl methyl sites for hydroxylation is 1. The van der Waals surface area contributed by atoms with Gasteiger partial charge in [0.2, 0.25) is 0 Å². The molecule has 0 aliphatic heterocycles. The molecule has 0 heterocycles. The molecule has 1 aromatic carbocycles. The summed E-state index contributed by atoms with van der Waals surface area (Å²) >= 11 is 3.18. The van der Waals surface area contributed by atoms with Crippen molar-refractivity contribution in [3.8, 4) is 0 Å². The zero-order chi connectivity index (χ0) is 9.14. The van der Waals surface area contributed by atoms with Crippen molar-refractivity contribution in [3.63, 3.8) is 0 Å². The predicted molar refractivity (Wildman–Crippen MR) is 47.9 cm³/mol. The minimum Gasteiger partial charge on any atom is -0.481 e. The van der Waals surface area contributed by atoms with Crippen LogP contribution in [-0.2, 0) is 65.0 Å². The van der Waals surface area contributed by atoms with Crippen LogP contribution in [0.4, 0.5) is 0 Å². The molecule has 73 valence electrons. The fourth-order valence-electron chi connectivity index (χ4n) is 0.861. The van der Waals surface area contributed by atoms with Crippen molar-refractivity contribution in [3.05, 3.63) is 33.8 Å². The Balaban J connectivity index is 0. The Bertz CT molecular complexity index is 318. The van der Waals surface area contributed by atoms with Crippen LogP contribution in [0.25, 0.3) is 0 Å². The summed E-state index contributed by atoms with van der Waals surface area (Å²) in [6.45, 7) is 1.84. The fourth-order valence-corrected chi connectivity index (χ4v) is 1.21. The number of carbonyl (C=O) groups is 1. The van der Waals surface area contributed by atoms with Gasteiger partial charge in [-0.15, -0.1) is 22.9 Å². The number of aliphatic carboxylic acids is 1. The number of rotatable bonds is 2. The van der Waals surface area contributed by atoms with Crippen LogP contribution in [-0.4, -0.2) is 11.1 Å². The fraction of sp³-hybridized carbons (Fsp3) is 0.222. The summed E-state index contributed by atoms with van der Waals surface area (Å²) in [5.41, 5.74) is 1.61. The van der Waals surface area contributed by atoms with Gasteiger partial charge in [0, 0.05) is 60.2 Å². The zero-order valence-corrected chi connectivity index (χ0v) is 14.9. The second kappa shape index (κ2) is 8.15. The van der Waals surface area contributed by atoms with Gasteiger partial charge in [0.15, 0.2) is 0 Å². The summed E-state index contributed by atoms with van der Waals surface area (Å²) < 4.78 is 0.671. The van der Waals surface area contributed by atoms with E-state index in [1.807, 2.05) is 6.92 Å². The van der Waals surface area contributed by atoms with Crippen molar-refractivity contribution in [1.29, 1.82) is 0 Å². The first-order valence-corrected chi connectivity index (χ1v) is 4.19. The maximum absolute atomic E-state index is 10.4. The molecule has 0 fully saturated rings. The van der Waals surface area contributed by atoms with Gasteiger partial charge in [-0.1, -0.05) is 0 Å². The molecule has 2 nitrogen and oxygen atoms in total. The maximum Gasteiger partial charge on any atom is 0.303 e. The predicted octanol–water partition coefficient (Wildman–Crippen LogP) is 1.98. The third-order valence-corrected chi connectivity index (χ3v) is 1.91. The Morgan fingerprint density at radius 3 is 2.71 bits per heavy atom. The van der Waals surface area contributed by atoms with E-state index in [2.05, 4.69) is 28.1 Å². The molecule has 0 atom stereocenters. The van der Waals surface area contributed by atoms with Crippen LogP contribution in [0.15, 0.2) is 10.5 Å². The van der Waals surface area contributed by atoms with E-state index >= 15 is 0 Å². The van der Waals surface area contributed by atoms with Crippen LogP contribution in [0.2, 0.25) is 0 Å². The van der Waals surface area contributed by atoms with Gasteiger partial charge in [0.1, 0.15) is 0 Å². The molecule has 5 heteroatoms. The molecule has 0 aromatic heterocycles. The Hall–Kier alpha value is 0.962. The first-order valence-electron chi connectivity index (χ1n) is 3.40. The number of halogens is 1. The van der Waals surface area contributed by atoms with Gasteiger partial charge in [-0.05, 0) is 0 Å². The van der Waals surface area contributed by atoms with Crippen LogP contribution in [0.3, 0.4) is 0 Å². The number of benzene rings is 1. The average Bonchev–Trinajstić information content (AvgIpc) is 1.96. The monoisotopic (exact) mass is 499 g/mol. The molecule has 1 N–H and O–H groups in total. The Morgan fingerprint density at radius 1 is 1.64 bits per heavy atom. The van der Waals surface area contributed by atoms with Gasteiger partial charge in [-0.25, -0.2) is 4.47 Å². The SMILES string of the molecule is Cc1c[c-]c(Br)[c-]c1CC(=O)O.[W].[Y]. The standard InChI is InChI=1S/C9H7BrO2.W.Y/c1-6-2-3-8(10)4-7(6)5-9(11)12;;/h2H,5H2,1H3,(H,11,12);;/q-2;;. The van der Waals surface area contributed by atoms with E-state index in [0.717, 1.165) is 5.56 Å². The molecule has 0 saturated heterocycles. The van der Waals surface area contributed by atoms with Crippen molar-refractivity contribution < 1.29 is 63.7 Å². The van der Waals surface area contributed by atoms with Crippen molar-refractivity contribution in [2.75, 3.05) is 0 Å². The summed E-state index contributed by atoms with van der Waals surface area (Å²) in [5.74, 6) is -0.840. The number of carboxylic acid groups (broad SMARTS) is 1. The number of hydrogen-bond donors (Lipinski definition) is 1. The third kappa shape index (κ3) is 5.75. The molecule has 0 saturated carbocycles. The van der Waals surface area contributed by atoms with Gasteiger partial charge < -0.3 is 17.2 Å². The average molecular weight is 500 g/mol. The van der Waals surface area contributed by atoms with Crippen LogP contribution in [0, 0.1) is 19.1 Å². The van der Waals surface area contributed by atoms with Crippen molar-refractivity contribution in [2.45, 2.75) is 13.3 Å². The molecular weight excluding hydrogens is 493 g/mol. The Labute approximate surface area is 131 Å². The van der Waals surface area contributed by atoms with E-state index in [1.54, 1.807) is 6.07 Å². The summed E-state index contributed by atoms with van der Waals surface area (Å²) in [6, 6.07) is 7.52. The van der Waals surface area contributed by atoms with Gasteiger partial charge in [0.25, 0.3) is 0 Å². The van der Waals surface area contributed by atoms with Gasteiger partial charge in [0.05, 0.1) is 0 Å². The van der Waals surface area contributed by atoms with E-state index < -0.39 is 5.97 Å². The largest absolute Gasteiger partial charge is 0.481 e. The van der Waals surface area contributed by atoms with E-state index in [9.17, 15) is 4.79 Å². The Kier molecular flexibility index (Phi) is 10.1. The van der Waals surface area contributed by atoms with Gasteiger partial charge >= 0.3 is 5.97 Å². The van der Waals surface area contributed by atoms with E-state index in [1.165, 1.54) is 0 Å². The molecule has 0 aliphatic rings. The van der Waals surface area contributed by atoms with Crippen LogP contribution >= 0.6 is 15.9 Å². The second-order valence-corrected chi connectivity index (χ2v) is 3.25. The zero-order valence-electron chi connectivity index (χ0n) is 7.50. The van der Waals surface area contributed by atoms with E-state index in [4.69, 9.17) is 5.11 Å². The number of hydrogen-bond acceptors (Lipinski definition) is 1. The summed E-state index contributed by atoms with van der Waals surface area (Å²) in [5, 5.41) is 8.54. The topological polar surface area (TPSA) is 37.3 Å².